The van der Waals surface area contributed by atoms with Crippen LogP contribution in [0.25, 0.3) is 11.1 Å². The molecular formula is C39H37F3N2O8. The molecule has 4 aromatic rings. The van der Waals surface area contributed by atoms with Crippen molar-refractivity contribution in [3.8, 4) is 11.1 Å². The zero-order chi connectivity index (χ0) is 38.0. The van der Waals surface area contributed by atoms with E-state index in [2.05, 4.69) is 5.32 Å². The number of esters is 3. The van der Waals surface area contributed by atoms with Crippen LogP contribution in [0.2, 0.25) is 0 Å². The van der Waals surface area contributed by atoms with Gasteiger partial charge in [-0.25, -0.2) is 0 Å². The molecule has 0 radical (unpaired) electrons. The van der Waals surface area contributed by atoms with Crippen molar-refractivity contribution in [1.82, 2.24) is 4.90 Å². The Bertz CT molecular complexity index is 1920. The van der Waals surface area contributed by atoms with Gasteiger partial charge in [0.15, 0.2) is 5.92 Å². The van der Waals surface area contributed by atoms with E-state index >= 15 is 0 Å². The van der Waals surface area contributed by atoms with Crippen molar-refractivity contribution < 1.29 is 51.4 Å². The number of ether oxygens (including phenoxy) is 3. The fraction of sp³-hybridized carbons (Fsp3) is 0.256. The minimum Gasteiger partial charge on any atom is -0.465 e. The lowest BCUT2D eigenvalue weighted by atomic mass is 9.94. The van der Waals surface area contributed by atoms with E-state index in [-0.39, 0.29) is 48.6 Å². The highest BCUT2D eigenvalue weighted by Crippen LogP contribution is 2.32. The van der Waals surface area contributed by atoms with Crippen LogP contribution < -0.4 is 5.32 Å². The molecule has 0 bridgehead atoms. The summed E-state index contributed by atoms with van der Waals surface area (Å²) < 4.78 is 55.1. The van der Waals surface area contributed by atoms with E-state index in [0.717, 1.165) is 12.1 Å². The average Bonchev–Trinajstić information content (AvgIpc) is 3.11. The molecule has 13 heteroatoms. The van der Waals surface area contributed by atoms with E-state index < -0.39 is 47.4 Å². The van der Waals surface area contributed by atoms with Gasteiger partial charge in [-0.05, 0) is 72.0 Å². The number of benzene rings is 4. The van der Waals surface area contributed by atoms with Crippen molar-refractivity contribution in [3.05, 3.63) is 124 Å². The molecule has 0 aliphatic carbocycles. The van der Waals surface area contributed by atoms with E-state index in [0.29, 0.717) is 22.3 Å². The molecule has 0 fully saturated rings. The number of anilines is 1. The first kappa shape index (κ1) is 38.8. The number of halogens is 3. The van der Waals surface area contributed by atoms with Gasteiger partial charge in [-0.1, -0.05) is 60.7 Å². The van der Waals surface area contributed by atoms with E-state index in [4.69, 9.17) is 14.2 Å². The van der Waals surface area contributed by atoms with Crippen molar-refractivity contribution in [2.24, 2.45) is 0 Å². The van der Waals surface area contributed by atoms with Gasteiger partial charge in [0.25, 0.3) is 11.8 Å². The minimum atomic E-state index is -4.51. The van der Waals surface area contributed by atoms with Crippen LogP contribution in [0.1, 0.15) is 62.7 Å². The predicted octanol–water partition coefficient (Wildman–Crippen LogP) is 6.82. The summed E-state index contributed by atoms with van der Waals surface area (Å²) >= 11 is 0. The normalized spacial score (nSPS) is 11.1. The molecule has 0 spiro atoms. The number of alkyl halides is 3. The second-order valence-corrected chi connectivity index (χ2v) is 11.6. The SMILES string of the molecule is CCOC(=O)C(C(=O)OCC)c1ccccc1COC(=O)Cc1ccc(NC(=O)c2ccccc2-c2ccc(C(F)(F)F)cc2)c(C(=O)N(C)C)c1. The number of nitrogens with zero attached hydrogens (tertiary/aromatic N) is 1. The van der Waals surface area contributed by atoms with E-state index in [1.807, 2.05) is 0 Å². The third-order valence-electron chi connectivity index (χ3n) is 7.81. The number of carbonyl (C=O) groups excluding carboxylic acids is 5. The Kier molecular flexibility index (Phi) is 12.9. The third-order valence-corrected chi connectivity index (χ3v) is 7.81. The molecule has 4 aromatic carbocycles. The van der Waals surface area contributed by atoms with Gasteiger partial charge in [0.1, 0.15) is 6.61 Å². The summed E-state index contributed by atoms with van der Waals surface area (Å²) in [6.07, 6.45) is -4.78. The smallest absolute Gasteiger partial charge is 0.416 e. The minimum absolute atomic E-state index is 0.0443. The highest BCUT2D eigenvalue weighted by molar-refractivity contribution is 6.12. The Morgan fingerprint density at radius 3 is 1.98 bits per heavy atom. The van der Waals surface area contributed by atoms with Crippen molar-refractivity contribution in [3.63, 3.8) is 0 Å². The summed E-state index contributed by atoms with van der Waals surface area (Å²) in [7, 11) is 3.04. The lowest BCUT2D eigenvalue weighted by Crippen LogP contribution is -2.27. The van der Waals surface area contributed by atoms with Crippen LogP contribution in [0, 0.1) is 0 Å². The molecular weight excluding hydrogens is 681 g/mol. The maximum atomic E-state index is 13.5. The van der Waals surface area contributed by atoms with Crippen molar-refractivity contribution in [2.45, 2.75) is 39.0 Å². The average molecular weight is 719 g/mol. The summed E-state index contributed by atoms with van der Waals surface area (Å²) in [6.45, 7) is 3.03. The Balaban J connectivity index is 1.54. The first-order chi connectivity index (χ1) is 24.7. The predicted molar refractivity (Wildman–Crippen MR) is 185 cm³/mol. The Morgan fingerprint density at radius 2 is 1.37 bits per heavy atom. The molecule has 2 amide bonds. The number of rotatable bonds is 13. The molecule has 4 rings (SSSR count). The number of hydrogen-bond acceptors (Lipinski definition) is 8. The van der Waals surface area contributed by atoms with Gasteiger partial charge in [-0.3, -0.25) is 24.0 Å². The van der Waals surface area contributed by atoms with Gasteiger partial charge in [0, 0.05) is 19.7 Å². The van der Waals surface area contributed by atoms with Crippen molar-refractivity contribution in [2.75, 3.05) is 32.6 Å². The van der Waals surface area contributed by atoms with Crippen LogP contribution in [0.3, 0.4) is 0 Å². The van der Waals surface area contributed by atoms with Gasteiger partial charge in [-0.15, -0.1) is 0 Å². The zero-order valence-corrected chi connectivity index (χ0v) is 28.9. The molecule has 10 nitrogen and oxygen atoms in total. The maximum absolute atomic E-state index is 13.5. The third kappa shape index (κ3) is 9.62. The first-order valence-corrected chi connectivity index (χ1v) is 16.2. The topological polar surface area (TPSA) is 128 Å². The highest BCUT2D eigenvalue weighted by atomic mass is 19.4. The van der Waals surface area contributed by atoms with Crippen LogP contribution in [0.15, 0.2) is 91.0 Å². The zero-order valence-electron chi connectivity index (χ0n) is 28.9. The summed E-state index contributed by atoms with van der Waals surface area (Å²) in [6, 6.07) is 21.7. The van der Waals surface area contributed by atoms with Crippen LogP contribution >= 0.6 is 0 Å². The standard InChI is InChI=1S/C39H37F3N2O8/c1-5-50-37(48)34(38(49)51-6-2)29-13-8-7-11-26(29)23-52-33(45)22-24-15-20-32(31(21-24)36(47)44(3)4)43-35(46)30-14-10-9-12-28(30)25-16-18-27(19-17-25)39(40,41)42/h7-21,34H,5-6,22-23H2,1-4H3,(H,43,46). The Hall–Kier alpha value is -5.98. The Morgan fingerprint density at radius 1 is 0.750 bits per heavy atom. The maximum Gasteiger partial charge on any atom is 0.416 e. The number of carbonyl (C=O) groups is 5. The summed E-state index contributed by atoms with van der Waals surface area (Å²) in [4.78, 5) is 66.5. The summed E-state index contributed by atoms with van der Waals surface area (Å²) in [5.41, 5.74) is 1.37. The van der Waals surface area contributed by atoms with Crippen molar-refractivity contribution in [1.29, 1.82) is 0 Å². The van der Waals surface area contributed by atoms with Gasteiger partial charge in [0.2, 0.25) is 0 Å². The molecule has 0 atom stereocenters. The van der Waals surface area contributed by atoms with Gasteiger partial charge in [-0.2, -0.15) is 13.2 Å². The molecule has 52 heavy (non-hydrogen) atoms. The summed E-state index contributed by atoms with van der Waals surface area (Å²) in [5.74, 6) is -4.73. The highest BCUT2D eigenvalue weighted by Gasteiger charge is 2.33. The molecule has 0 saturated carbocycles. The lowest BCUT2D eigenvalue weighted by molar-refractivity contribution is -0.157. The van der Waals surface area contributed by atoms with Crippen LogP contribution in [-0.2, 0) is 47.8 Å². The molecule has 0 aliphatic rings. The number of nitrogens with one attached hydrogen (secondary N) is 1. The van der Waals surface area contributed by atoms with Crippen LogP contribution in [-0.4, -0.2) is 61.9 Å². The van der Waals surface area contributed by atoms with Crippen LogP contribution in [0.4, 0.5) is 18.9 Å². The van der Waals surface area contributed by atoms with E-state index in [1.54, 1.807) is 56.3 Å². The largest absolute Gasteiger partial charge is 0.465 e. The number of hydrogen-bond donors (Lipinski definition) is 1. The quantitative estimate of drug-likeness (QED) is 0.0907. The lowest BCUT2D eigenvalue weighted by Gasteiger charge is -2.18. The van der Waals surface area contributed by atoms with Crippen molar-refractivity contribution >= 4 is 35.4 Å². The summed E-state index contributed by atoms with van der Waals surface area (Å²) in [5, 5.41) is 2.73. The monoisotopic (exact) mass is 718 g/mol. The fourth-order valence-electron chi connectivity index (χ4n) is 5.31. The Labute approximate surface area is 298 Å². The van der Waals surface area contributed by atoms with Gasteiger partial charge in [0.05, 0.1) is 36.4 Å². The van der Waals surface area contributed by atoms with E-state index in [9.17, 15) is 37.1 Å². The molecule has 0 heterocycles. The first-order valence-electron chi connectivity index (χ1n) is 16.2. The van der Waals surface area contributed by atoms with E-state index in [1.165, 1.54) is 55.4 Å². The molecule has 0 aliphatic heterocycles. The molecule has 1 N–H and O–H groups in total. The molecule has 272 valence electrons. The molecule has 0 unspecified atom stereocenters. The second kappa shape index (κ2) is 17.3. The van der Waals surface area contributed by atoms with Crippen LogP contribution in [0.5, 0.6) is 0 Å². The second-order valence-electron chi connectivity index (χ2n) is 11.6. The van der Waals surface area contributed by atoms with Gasteiger partial charge < -0.3 is 24.4 Å². The molecule has 0 aromatic heterocycles. The fourth-order valence-corrected chi connectivity index (χ4v) is 5.31. The molecule has 0 saturated heterocycles. The van der Waals surface area contributed by atoms with Gasteiger partial charge >= 0.3 is 24.1 Å². The number of amides is 2.